The summed E-state index contributed by atoms with van der Waals surface area (Å²) in [4.78, 5) is 0. The van der Waals surface area contributed by atoms with Gasteiger partial charge in [0, 0.05) is 0 Å². The second kappa shape index (κ2) is 18.0. The molecule has 1 nitrogen and oxygen atoms in total. The maximum Gasteiger partial charge on any atom is 4.00 e. The summed E-state index contributed by atoms with van der Waals surface area (Å²) in [5, 5.41) is 4.69. The second-order valence-electron chi connectivity index (χ2n) is 8.14. The zero-order chi connectivity index (χ0) is 19.0. The summed E-state index contributed by atoms with van der Waals surface area (Å²) in [5.74, 6) is 0.432. The zero-order valence-electron chi connectivity index (χ0n) is 18.3. The Morgan fingerprint density at radius 3 is 1.63 bits per heavy atom. The average Bonchev–Trinajstić information content (AvgIpc) is 3.39. The van der Waals surface area contributed by atoms with Gasteiger partial charge in [0.25, 0.3) is 0 Å². The normalized spacial score (nSPS) is 17.5. The van der Waals surface area contributed by atoms with Gasteiger partial charge in [-0.2, -0.15) is 5.92 Å². The van der Waals surface area contributed by atoms with Crippen molar-refractivity contribution >= 4 is 5.69 Å². The van der Waals surface area contributed by atoms with E-state index in [9.17, 15) is 0 Å². The number of aryl methyl sites for hydroxylation is 1. The van der Waals surface area contributed by atoms with Gasteiger partial charge in [-0.3, -0.25) is 0 Å². The molecule has 2 saturated carbocycles. The number of hydrogen-bond acceptors (Lipinski definition) is 0. The van der Waals surface area contributed by atoms with Gasteiger partial charge in [0.05, 0.1) is 0 Å². The fourth-order valence-electron chi connectivity index (χ4n) is 3.45. The topological polar surface area (TPSA) is 14.1 Å². The van der Waals surface area contributed by atoms with E-state index in [4.69, 9.17) is 5.32 Å². The molecule has 2 fully saturated rings. The van der Waals surface area contributed by atoms with Crippen molar-refractivity contribution in [2.24, 2.45) is 5.92 Å². The van der Waals surface area contributed by atoms with Gasteiger partial charge in [-0.15, -0.1) is 11.7 Å². The Bertz CT molecular complexity index is 395. The molecular weight excluding hydrogens is 406 g/mol. The first-order valence-electron chi connectivity index (χ1n) is 11.2. The quantitative estimate of drug-likeness (QED) is 0.386. The van der Waals surface area contributed by atoms with Crippen molar-refractivity contribution in [1.82, 2.24) is 0 Å². The van der Waals surface area contributed by atoms with Crippen LogP contribution in [0.25, 0.3) is 5.32 Å². The molecule has 0 heterocycles. The molecule has 0 aromatic heterocycles. The minimum absolute atomic E-state index is 0. The van der Waals surface area contributed by atoms with E-state index in [0.29, 0.717) is 12.0 Å². The average molecular weight is 449 g/mol. The van der Waals surface area contributed by atoms with Gasteiger partial charge < -0.3 is 12.2 Å². The molecule has 2 atom stereocenters. The molecule has 1 aromatic rings. The molecule has 1 aromatic carbocycles. The third-order valence-corrected chi connectivity index (χ3v) is 5.50. The number of nitrogens with zero attached hydrogens (tertiary/aromatic N) is 1. The first kappa shape index (κ1) is 26.9. The molecule has 0 radical (unpaired) electrons. The predicted molar refractivity (Wildman–Crippen MR) is 118 cm³/mol. The number of unbranched alkanes of at least 4 members (excludes halogenated alkanes) is 1. The van der Waals surface area contributed by atoms with Crippen molar-refractivity contribution in [2.75, 3.05) is 0 Å². The molecule has 0 spiro atoms. The van der Waals surface area contributed by atoms with Gasteiger partial charge in [0.1, 0.15) is 0 Å². The van der Waals surface area contributed by atoms with Crippen LogP contribution in [-0.2, 0) is 26.2 Å². The summed E-state index contributed by atoms with van der Waals surface area (Å²) in [6.45, 7) is 10.7. The molecule has 150 valence electrons. The van der Waals surface area contributed by atoms with E-state index in [1.165, 1.54) is 89.0 Å². The van der Waals surface area contributed by atoms with Gasteiger partial charge in [-0.1, -0.05) is 127 Å². The van der Waals surface area contributed by atoms with Crippen LogP contribution in [0.15, 0.2) is 24.3 Å². The Morgan fingerprint density at radius 2 is 1.26 bits per heavy atom. The van der Waals surface area contributed by atoms with Crippen LogP contribution in [-0.4, -0.2) is 6.04 Å². The van der Waals surface area contributed by atoms with E-state index in [0.717, 1.165) is 5.69 Å². The van der Waals surface area contributed by atoms with E-state index in [1.807, 2.05) is 0 Å². The Balaban J connectivity index is 0.000000496. The smallest absolute Gasteiger partial charge is 0.684 e. The third-order valence-electron chi connectivity index (χ3n) is 5.50. The Labute approximate surface area is 189 Å². The van der Waals surface area contributed by atoms with Crippen molar-refractivity contribution in [3.63, 3.8) is 0 Å². The zero-order valence-corrected chi connectivity index (χ0v) is 20.8. The largest absolute Gasteiger partial charge is 4.00 e. The molecule has 27 heavy (non-hydrogen) atoms. The molecule has 3 rings (SSSR count). The van der Waals surface area contributed by atoms with Crippen LogP contribution in [0.1, 0.15) is 103 Å². The number of rotatable bonds is 6. The molecule has 2 aliphatic carbocycles. The fraction of sp³-hybridized carbons (Fsp3) is 0.720. The Morgan fingerprint density at radius 1 is 0.852 bits per heavy atom. The van der Waals surface area contributed by atoms with Crippen molar-refractivity contribution in [2.45, 2.75) is 110 Å². The van der Waals surface area contributed by atoms with Crippen LogP contribution >= 0.6 is 0 Å². The third kappa shape index (κ3) is 14.5. The van der Waals surface area contributed by atoms with Crippen LogP contribution in [0.2, 0.25) is 0 Å². The minimum Gasteiger partial charge on any atom is -0.684 e. The maximum absolute atomic E-state index is 4.69. The van der Waals surface area contributed by atoms with Crippen molar-refractivity contribution in [3.05, 3.63) is 42.1 Å². The van der Waals surface area contributed by atoms with E-state index >= 15 is 0 Å². The molecule has 0 aliphatic heterocycles. The molecule has 0 unspecified atom stereocenters. The first-order valence-corrected chi connectivity index (χ1v) is 11.2. The summed E-state index contributed by atoms with van der Waals surface area (Å²) < 4.78 is 0. The number of benzene rings is 1. The SMILES string of the molecule is C1CCCC1.C1CCCC1.[CH2-][C@H](CCCC)[C@@H](C)[N-]c1ccc(C)cc1.[Zr+4]. The van der Waals surface area contributed by atoms with E-state index < -0.39 is 0 Å². The van der Waals surface area contributed by atoms with E-state index in [2.05, 4.69) is 52.0 Å². The Hall–Kier alpha value is -0.0969. The summed E-state index contributed by atoms with van der Waals surface area (Å²) in [7, 11) is 0. The summed E-state index contributed by atoms with van der Waals surface area (Å²) in [6, 6.07) is 8.69. The summed E-state index contributed by atoms with van der Waals surface area (Å²) in [5.41, 5.74) is 2.35. The van der Waals surface area contributed by atoms with Gasteiger partial charge in [-0.05, 0) is 6.92 Å². The number of hydrogen-bond donors (Lipinski definition) is 0. The maximum atomic E-state index is 4.69. The van der Waals surface area contributed by atoms with Crippen LogP contribution in [0.4, 0.5) is 5.69 Å². The van der Waals surface area contributed by atoms with Crippen molar-refractivity contribution in [1.29, 1.82) is 0 Å². The van der Waals surface area contributed by atoms with Crippen LogP contribution in [0.3, 0.4) is 0 Å². The fourth-order valence-corrected chi connectivity index (χ4v) is 3.45. The molecular formula is C25H43NZr+2. The second-order valence-corrected chi connectivity index (χ2v) is 8.14. The molecule has 0 amide bonds. The minimum atomic E-state index is 0. The molecule has 2 heteroatoms. The van der Waals surface area contributed by atoms with E-state index in [-0.39, 0.29) is 26.2 Å². The summed E-state index contributed by atoms with van der Waals surface area (Å²) in [6.07, 6.45) is 18.7. The van der Waals surface area contributed by atoms with Gasteiger partial charge in [0.2, 0.25) is 0 Å². The van der Waals surface area contributed by atoms with E-state index in [1.54, 1.807) is 0 Å². The molecule has 0 bridgehead atoms. The monoisotopic (exact) mass is 447 g/mol. The first-order chi connectivity index (χ1) is 12.6. The van der Waals surface area contributed by atoms with Gasteiger partial charge in [0.15, 0.2) is 0 Å². The summed E-state index contributed by atoms with van der Waals surface area (Å²) >= 11 is 0. The van der Waals surface area contributed by atoms with Crippen LogP contribution < -0.4 is 0 Å². The van der Waals surface area contributed by atoms with Crippen molar-refractivity contribution < 1.29 is 26.2 Å². The van der Waals surface area contributed by atoms with Crippen LogP contribution in [0.5, 0.6) is 0 Å². The molecule has 2 aliphatic rings. The predicted octanol–water partition coefficient (Wildman–Crippen LogP) is 8.93. The van der Waals surface area contributed by atoms with Crippen molar-refractivity contribution in [3.8, 4) is 0 Å². The molecule has 0 saturated heterocycles. The Kier molecular flexibility index (Phi) is 17.9. The van der Waals surface area contributed by atoms with Crippen LogP contribution in [0, 0.1) is 19.8 Å². The van der Waals surface area contributed by atoms with Gasteiger partial charge in [-0.25, -0.2) is 0 Å². The standard InChI is InChI=1S/C15H23N.2C5H10.Zr/c1-5-6-7-13(3)14(4)16-15-10-8-12(2)9-11-15;2*1-2-4-5-3-1;/h8-11,13-14H,3,5-7H2,1-2,4H3;2*1-5H2;/q-2;;;+4/t13-,14-;;;/m1.../s1. The van der Waals surface area contributed by atoms with Gasteiger partial charge >= 0.3 is 26.2 Å². The molecule has 0 N–H and O–H groups in total.